The van der Waals surface area contributed by atoms with Gasteiger partial charge in [-0.25, -0.2) is 0 Å². The van der Waals surface area contributed by atoms with Gasteiger partial charge in [-0.3, -0.25) is 0 Å². The normalized spacial score (nSPS) is 44.2. The van der Waals surface area contributed by atoms with E-state index in [0.29, 0.717) is 10.8 Å². The summed E-state index contributed by atoms with van der Waals surface area (Å²) in [5.74, 6) is 3.27. The minimum atomic E-state index is 0.521. The van der Waals surface area contributed by atoms with Gasteiger partial charge < -0.3 is 0 Å². The van der Waals surface area contributed by atoms with Crippen molar-refractivity contribution >= 4 is 0 Å². The van der Waals surface area contributed by atoms with E-state index < -0.39 is 0 Å². The quantitative estimate of drug-likeness (QED) is 0.617. The summed E-state index contributed by atoms with van der Waals surface area (Å²) in [6.07, 6.45) is 7.46. The van der Waals surface area contributed by atoms with Crippen LogP contribution in [0, 0.1) is 28.6 Å². The minimum Gasteiger partial charge on any atom is -0.0654 e. The molecule has 0 aromatic heterocycles. The van der Waals surface area contributed by atoms with Gasteiger partial charge in [0, 0.05) is 0 Å². The molecular weight excluding hydrogens is 180 g/mol. The van der Waals surface area contributed by atoms with Gasteiger partial charge in [0.25, 0.3) is 0 Å². The van der Waals surface area contributed by atoms with Crippen LogP contribution < -0.4 is 0 Å². The van der Waals surface area contributed by atoms with Gasteiger partial charge in [0.2, 0.25) is 0 Å². The van der Waals surface area contributed by atoms with Crippen LogP contribution in [0.25, 0.3) is 0 Å². The van der Waals surface area contributed by atoms with Crippen molar-refractivity contribution in [3.8, 4) is 0 Å². The summed E-state index contributed by atoms with van der Waals surface area (Å²) in [4.78, 5) is 0. The van der Waals surface area contributed by atoms with Crippen molar-refractivity contribution in [2.75, 3.05) is 0 Å². The van der Waals surface area contributed by atoms with Gasteiger partial charge in [0.15, 0.2) is 0 Å². The van der Waals surface area contributed by atoms with Gasteiger partial charge in [-0.1, -0.05) is 47.5 Å². The Hall–Kier alpha value is 0. The Morgan fingerprint density at radius 1 is 1.20 bits per heavy atom. The fourth-order valence-electron chi connectivity index (χ4n) is 3.40. The highest BCUT2D eigenvalue weighted by atomic mass is 14.6. The lowest BCUT2D eigenvalue weighted by molar-refractivity contribution is 0.208. The van der Waals surface area contributed by atoms with Gasteiger partial charge in [0.1, 0.15) is 0 Å². The maximum atomic E-state index is 2.51. The van der Waals surface area contributed by atoms with Crippen LogP contribution >= 0.6 is 0 Å². The molecule has 0 radical (unpaired) electrons. The van der Waals surface area contributed by atoms with E-state index in [1.54, 1.807) is 12.8 Å². The average molecular weight is 208 g/mol. The summed E-state index contributed by atoms with van der Waals surface area (Å²) in [5.41, 5.74) is 1.18. The summed E-state index contributed by atoms with van der Waals surface area (Å²) in [5, 5.41) is 0. The first-order valence-corrected chi connectivity index (χ1v) is 6.88. The van der Waals surface area contributed by atoms with Crippen molar-refractivity contribution in [2.45, 2.75) is 66.7 Å². The Morgan fingerprint density at radius 2 is 1.87 bits per heavy atom. The van der Waals surface area contributed by atoms with E-state index in [1.807, 2.05) is 0 Å². The van der Waals surface area contributed by atoms with Crippen molar-refractivity contribution in [1.29, 1.82) is 0 Å². The molecule has 88 valence electrons. The highest BCUT2D eigenvalue weighted by molar-refractivity contribution is 5.07. The van der Waals surface area contributed by atoms with Crippen LogP contribution in [0.5, 0.6) is 0 Å². The van der Waals surface area contributed by atoms with Crippen molar-refractivity contribution in [3.05, 3.63) is 0 Å². The fourth-order valence-corrected chi connectivity index (χ4v) is 3.40. The molecule has 2 aliphatic carbocycles. The molecule has 0 spiro atoms. The Labute approximate surface area is 95.8 Å². The average Bonchev–Trinajstić information content (AvgIpc) is 2.94. The molecule has 0 aromatic rings. The first-order chi connectivity index (χ1) is 6.88. The summed E-state index contributed by atoms with van der Waals surface area (Å²) < 4.78 is 0. The third-order valence-electron chi connectivity index (χ3n) is 5.44. The molecule has 0 heteroatoms. The van der Waals surface area contributed by atoms with Gasteiger partial charge in [-0.2, -0.15) is 0 Å². The van der Waals surface area contributed by atoms with Crippen LogP contribution in [0.1, 0.15) is 66.7 Å². The molecule has 2 saturated carbocycles. The Morgan fingerprint density at radius 3 is 2.33 bits per heavy atom. The van der Waals surface area contributed by atoms with Crippen molar-refractivity contribution in [2.24, 2.45) is 28.6 Å². The van der Waals surface area contributed by atoms with Crippen LogP contribution in [0.3, 0.4) is 0 Å². The molecule has 0 bridgehead atoms. The van der Waals surface area contributed by atoms with E-state index in [4.69, 9.17) is 0 Å². The molecule has 0 aromatic carbocycles. The lowest BCUT2D eigenvalue weighted by Gasteiger charge is -2.28. The summed E-state index contributed by atoms with van der Waals surface area (Å²) in [7, 11) is 0. The molecular formula is C15H28. The van der Waals surface area contributed by atoms with Crippen molar-refractivity contribution in [3.63, 3.8) is 0 Å². The Balaban J connectivity index is 1.76. The summed E-state index contributed by atoms with van der Waals surface area (Å²) in [6.45, 7) is 12.1. The van der Waals surface area contributed by atoms with E-state index in [1.165, 1.54) is 19.3 Å². The second kappa shape index (κ2) is 3.50. The van der Waals surface area contributed by atoms with Crippen molar-refractivity contribution < 1.29 is 0 Å². The van der Waals surface area contributed by atoms with Crippen LogP contribution in [-0.2, 0) is 0 Å². The van der Waals surface area contributed by atoms with E-state index in [0.717, 1.165) is 17.8 Å². The zero-order chi connectivity index (χ0) is 11.3. The molecule has 2 rings (SSSR count). The fraction of sp³-hybridized carbons (Fsp3) is 1.00. The van der Waals surface area contributed by atoms with E-state index in [2.05, 4.69) is 34.6 Å². The highest BCUT2D eigenvalue weighted by Gasteiger charge is 2.58. The summed E-state index contributed by atoms with van der Waals surface area (Å²) in [6, 6.07) is 0. The van der Waals surface area contributed by atoms with E-state index in [-0.39, 0.29) is 0 Å². The molecule has 0 heterocycles. The molecule has 0 N–H and O–H groups in total. The molecule has 0 nitrogen and oxygen atoms in total. The molecule has 2 fully saturated rings. The number of hydrogen-bond donors (Lipinski definition) is 0. The largest absolute Gasteiger partial charge is 0.0654 e. The van der Waals surface area contributed by atoms with Crippen molar-refractivity contribution in [1.82, 2.24) is 0 Å². The van der Waals surface area contributed by atoms with Gasteiger partial charge in [-0.15, -0.1) is 0 Å². The molecule has 2 aliphatic rings. The maximum absolute atomic E-state index is 2.51. The van der Waals surface area contributed by atoms with Crippen LogP contribution in [0.2, 0.25) is 0 Å². The number of hydrogen-bond acceptors (Lipinski definition) is 0. The topological polar surface area (TPSA) is 0 Å². The standard InChI is InChI=1S/C15H28/c1-6-7-11-8-12(11)9-13-10-15(13,5)14(2,3)4/h11-13H,6-10H2,1-5H3. The lowest BCUT2D eigenvalue weighted by Crippen LogP contribution is -2.20. The molecule has 0 aliphatic heterocycles. The summed E-state index contributed by atoms with van der Waals surface area (Å²) >= 11 is 0. The van der Waals surface area contributed by atoms with Crippen LogP contribution in [0.15, 0.2) is 0 Å². The monoisotopic (exact) mass is 208 g/mol. The first-order valence-electron chi connectivity index (χ1n) is 6.88. The zero-order valence-corrected chi connectivity index (χ0v) is 11.3. The SMILES string of the molecule is CCCC1CC1CC1CC1(C)C(C)(C)C. The first kappa shape index (κ1) is 11.5. The minimum absolute atomic E-state index is 0.521. The van der Waals surface area contributed by atoms with E-state index >= 15 is 0 Å². The molecule has 0 amide bonds. The molecule has 0 saturated heterocycles. The molecule has 4 atom stereocenters. The smallest absolute Gasteiger partial charge is 0.0246 e. The van der Waals surface area contributed by atoms with Crippen LogP contribution in [0.4, 0.5) is 0 Å². The third kappa shape index (κ3) is 2.10. The van der Waals surface area contributed by atoms with Gasteiger partial charge in [-0.05, 0) is 47.8 Å². The van der Waals surface area contributed by atoms with Gasteiger partial charge in [0.05, 0.1) is 0 Å². The second-order valence-electron chi connectivity index (χ2n) is 7.35. The predicted octanol–water partition coefficient (Wildman–Crippen LogP) is 4.89. The maximum Gasteiger partial charge on any atom is -0.0246 e. The Bertz CT molecular complexity index is 235. The van der Waals surface area contributed by atoms with Crippen LogP contribution in [-0.4, -0.2) is 0 Å². The highest BCUT2D eigenvalue weighted by Crippen LogP contribution is 2.67. The zero-order valence-electron chi connectivity index (χ0n) is 11.3. The third-order valence-corrected chi connectivity index (χ3v) is 5.44. The number of rotatable bonds is 4. The molecule has 15 heavy (non-hydrogen) atoms. The van der Waals surface area contributed by atoms with Gasteiger partial charge >= 0.3 is 0 Å². The predicted molar refractivity (Wildman–Crippen MR) is 66.8 cm³/mol. The second-order valence-corrected chi connectivity index (χ2v) is 7.35. The Kier molecular flexibility index (Phi) is 2.68. The lowest BCUT2D eigenvalue weighted by atomic mass is 9.76. The molecule has 4 unspecified atom stereocenters. The van der Waals surface area contributed by atoms with E-state index in [9.17, 15) is 0 Å².